The van der Waals surface area contributed by atoms with E-state index < -0.39 is 0 Å². The van der Waals surface area contributed by atoms with Gasteiger partial charge < -0.3 is 10.2 Å². The number of carbonyl (C=O) groups excluding carboxylic acids is 2. The molecule has 1 aliphatic heterocycles. The van der Waals surface area contributed by atoms with Crippen molar-refractivity contribution in [1.82, 2.24) is 10.2 Å². The van der Waals surface area contributed by atoms with E-state index in [1.165, 1.54) is 0 Å². The molecular weight excluding hydrogens is 276 g/mol. The molecule has 20 heavy (non-hydrogen) atoms. The Balaban J connectivity index is 2.25. The first kappa shape index (κ1) is 14.4. The highest BCUT2D eigenvalue weighted by atomic mass is 35.5. The molecule has 104 valence electrons. The van der Waals surface area contributed by atoms with Gasteiger partial charge in [0.25, 0.3) is 5.91 Å². The van der Waals surface area contributed by atoms with E-state index in [2.05, 4.69) is 17.2 Å². The monoisotopic (exact) mass is 290 g/mol. The zero-order chi connectivity index (χ0) is 14.7. The fraction of sp³-hybridized carbons (Fsp3) is 0.333. The number of rotatable bonds is 2. The first-order chi connectivity index (χ1) is 9.52. The summed E-state index contributed by atoms with van der Waals surface area (Å²) in [6.45, 7) is 1.60. The molecule has 2 atom stereocenters. The Bertz CT molecular complexity index is 586. The molecule has 2 amide bonds. The van der Waals surface area contributed by atoms with Crippen molar-refractivity contribution in [3.63, 3.8) is 0 Å². The van der Waals surface area contributed by atoms with Crippen LogP contribution in [-0.2, 0) is 9.59 Å². The number of hydrogen-bond donors (Lipinski definition) is 1. The van der Waals surface area contributed by atoms with E-state index in [4.69, 9.17) is 11.6 Å². The number of nitrogens with one attached hydrogen (secondary N) is 1. The molecular formula is C15H15ClN2O2. The third-order valence-electron chi connectivity index (χ3n) is 3.35. The maximum atomic E-state index is 11.9. The predicted octanol–water partition coefficient (Wildman–Crippen LogP) is 1.75. The Morgan fingerprint density at radius 2 is 2.05 bits per heavy atom. The van der Waals surface area contributed by atoms with E-state index in [1.54, 1.807) is 31.0 Å². The Labute approximate surface area is 123 Å². The molecule has 1 aromatic carbocycles. The van der Waals surface area contributed by atoms with Crippen LogP contribution in [0.4, 0.5) is 0 Å². The number of benzene rings is 1. The fourth-order valence-electron chi connectivity index (χ4n) is 2.43. The van der Waals surface area contributed by atoms with Gasteiger partial charge in [0.05, 0.1) is 12.1 Å². The van der Waals surface area contributed by atoms with E-state index in [-0.39, 0.29) is 30.3 Å². The van der Waals surface area contributed by atoms with Gasteiger partial charge in [-0.2, -0.15) is 0 Å². The van der Waals surface area contributed by atoms with Crippen LogP contribution in [0.15, 0.2) is 24.3 Å². The van der Waals surface area contributed by atoms with Crippen LogP contribution in [0.1, 0.15) is 24.9 Å². The Morgan fingerprint density at radius 1 is 1.40 bits per heavy atom. The van der Waals surface area contributed by atoms with Crippen LogP contribution in [0.3, 0.4) is 0 Å². The molecule has 2 rings (SSSR count). The molecule has 1 fully saturated rings. The molecule has 1 aliphatic rings. The normalized spacial score (nSPS) is 21.4. The van der Waals surface area contributed by atoms with E-state index in [9.17, 15) is 9.59 Å². The number of likely N-dealkylation sites (N-methyl/N-ethyl adjacent to an activating group) is 1. The topological polar surface area (TPSA) is 49.4 Å². The van der Waals surface area contributed by atoms with Gasteiger partial charge in [-0.15, -0.1) is 0 Å². The summed E-state index contributed by atoms with van der Waals surface area (Å²) in [5.74, 6) is 4.62. The number of nitrogens with zero attached hydrogens (tertiary/aromatic N) is 1. The van der Waals surface area contributed by atoms with Gasteiger partial charge in [-0.25, -0.2) is 0 Å². The van der Waals surface area contributed by atoms with Crippen molar-refractivity contribution < 1.29 is 9.59 Å². The van der Waals surface area contributed by atoms with Crippen molar-refractivity contribution in [2.24, 2.45) is 0 Å². The zero-order valence-electron chi connectivity index (χ0n) is 11.3. The maximum absolute atomic E-state index is 11.9. The molecule has 1 N–H and O–H groups in total. The quantitative estimate of drug-likeness (QED) is 0.844. The van der Waals surface area contributed by atoms with Crippen LogP contribution in [-0.4, -0.2) is 29.8 Å². The average Bonchev–Trinajstić information content (AvgIpc) is 2.66. The average molecular weight is 291 g/mol. The van der Waals surface area contributed by atoms with Gasteiger partial charge in [0, 0.05) is 18.5 Å². The smallest absolute Gasteiger partial charge is 0.296 e. The third-order valence-corrected chi connectivity index (χ3v) is 3.60. The summed E-state index contributed by atoms with van der Waals surface area (Å²) in [7, 11) is 1.74. The summed E-state index contributed by atoms with van der Waals surface area (Å²) >= 11 is 5.88. The van der Waals surface area contributed by atoms with Gasteiger partial charge >= 0.3 is 0 Å². The maximum Gasteiger partial charge on any atom is 0.296 e. The van der Waals surface area contributed by atoms with Crippen molar-refractivity contribution in [3.05, 3.63) is 34.9 Å². The highest BCUT2D eigenvalue weighted by molar-refractivity contribution is 6.30. The number of carbonyl (C=O) groups is 2. The van der Waals surface area contributed by atoms with Gasteiger partial charge in [0.15, 0.2) is 0 Å². The van der Waals surface area contributed by atoms with Crippen molar-refractivity contribution in [3.8, 4) is 11.8 Å². The number of amides is 2. The summed E-state index contributed by atoms with van der Waals surface area (Å²) in [6.07, 6.45) is 0.279. The summed E-state index contributed by atoms with van der Waals surface area (Å²) in [4.78, 5) is 25.1. The standard InChI is InChI=1S/C15H15ClN2O2/c1-3-4-13(19)17-12-9-14(20)18(2)15(12)10-5-7-11(16)8-6-10/h5-8,12,15H,9H2,1-2H3,(H,17,19)/t12-,15+/m1/s1. The molecule has 0 radical (unpaired) electrons. The summed E-state index contributed by atoms with van der Waals surface area (Å²) in [5, 5.41) is 3.43. The molecule has 1 aromatic rings. The van der Waals surface area contributed by atoms with Crippen molar-refractivity contribution in [2.45, 2.75) is 25.4 Å². The Morgan fingerprint density at radius 3 is 2.65 bits per heavy atom. The van der Waals surface area contributed by atoms with Crippen molar-refractivity contribution >= 4 is 23.4 Å². The molecule has 0 unspecified atom stereocenters. The Kier molecular flexibility index (Phi) is 4.31. The minimum Gasteiger partial charge on any atom is -0.340 e. The SMILES string of the molecule is CC#CC(=O)N[C@@H]1CC(=O)N(C)[C@H]1c1ccc(Cl)cc1. The third kappa shape index (κ3) is 2.94. The highest BCUT2D eigenvalue weighted by Gasteiger charge is 2.39. The van der Waals surface area contributed by atoms with Crippen LogP contribution < -0.4 is 5.32 Å². The molecule has 0 aromatic heterocycles. The minimum absolute atomic E-state index is 0.000271. The molecule has 1 heterocycles. The van der Waals surface area contributed by atoms with Gasteiger partial charge in [0.2, 0.25) is 5.91 Å². The lowest BCUT2D eigenvalue weighted by Gasteiger charge is -2.25. The first-order valence-electron chi connectivity index (χ1n) is 6.27. The van der Waals surface area contributed by atoms with E-state index in [0.29, 0.717) is 5.02 Å². The van der Waals surface area contributed by atoms with Gasteiger partial charge in [0.1, 0.15) is 0 Å². The molecule has 0 bridgehead atoms. The van der Waals surface area contributed by atoms with Gasteiger partial charge in [-0.1, -0.05) is 29.7 Å². The van der Waals surface area contributed by atoms with Crippen LogP contribution in [0.2, 0.25) is 5.02 Å². The van der Waals surface area contributed by atoms with Crippen LogP contribution in [0, 0.1) is 11.8 Å². The lowest BCUT2D eigenvalue weighted by atomic mass is 10.0. The van der Waals surface area contributed by atoms with Crippen LogP contribution in [0.25, 0.3) is 0 Å². The second kappa shape index (κ2) is 5.98. The van der Waals surface area contributed by atoms with E-state index in [1.807, 2.05) is 12.1 Å². The summed E-state index contributed by atoms with van der Waals surface area (Å²) < 4.78 is 0. The van der Waals surface area contributed by atoms with E-state index >= 15 is 0 Å². The summed E-state index contributed by atoms with van der Waals surface area (Å²) in [5.41, 5.74) is 0.942. The molecule has 0 aliphatic carbocycles. The second-order valence-corrected chi connectivity index (χ2v) is 5.10. The van der Waals surface area contributed by atoms with Crippen LogP contribution >= 0.6 is 11.6 Å². The molecule has 1 saturated heterocycles. The van der Waals surface area contributed by atoms with Crippen molar-refractivity contribution in [2.75, 3.05) is 7.05 Å². The van der Waals surface area contributed by atoms with Crippen molar-refractivity contribution in [1.29, 1.82) is 0 Å². The zero-order valence-corrected chi connectivity index (χ0v) is 12.1. The van der Waals surface area contributed by atoms with Gasteiger partial charge in [-0.05, 0) is 30.5 Å². The minimum atomic E-state index is -0.362. The lowest BCUT2D eigenvalue weighted by Crippen LogP contribution is -2.38. The number of likely N-dealkylation sites (tertiary alicyclic amines) is 1. The molecule has 4 nitrogen and oxygen atoms in total. The van der Waals surface area contributed by atoms with Gasteiger partial charge in [-0.3, -0.25) is 9.59 Å². The number of hydrogen-bond acceptors (Lipinski definition) is 2. The van der Waals surface area contributed by atoms with Crippen LogP contribution in [0.5, 0.6) is 0 Å². The second-order valence-electron chi connectivity index (χ2n) is 4.66. The molecule has 0 spiro atoms. The summed E-state index contributed by atoms with van der Waals surface area (Å²) in [6, 6.07) is 6.82. The number of halogens is 1. The highest BCUT2D eigenvalue weighted by Crippen LogP contribution is 2.32. The van der Waals surface area contributed by atoms with E-state index in [0.717, 1.165) is 5.56 Å². The molecule has 0 saturated carbocycles. The predicted molar refractivity (Wildman–Crippen MR) is 77.0 cm³/mol. The first-order valence-corrected chi connectivity index (χ1v) is 6.65. The fourth-order valence-corrected chi connectivity index (χ4v) is 2.56. The lowest BCUT2D eigenvalue weighted by molar-refractivity contribution is -0.127. The molecule has 5 heteroatoms. The largest absolute Gasteiger partial charge is 0.340 e. The Hall–Kier alpha value is -1.99.